The zero-order chi connectivity index (χ0) is 20.4. The van der Waals surface area contributed by atoms with Gasteiger partial charge >= 0.3 is 0 Å². The standard InChI is InChI=1S/C24H31N3O2/c1-29-22-11-8-17-13-19(5-4-18(17)14-22)23(25)20-3-2-12-27(15-20)21-9-6-16(7-10-21)24(26)28/h4-5,8,11,13-14,16,20-21,25H,2-3,6-7,9-10,12,15H2,1H3,(H2,26,28). The summed E-state index contributed by atoms with van der Waals surface area (Å²) in [6.07, 6.45) is 6.12. The van der Waals surface area contributed by atoms with Crippen molar-refractivity contribution >= 4 is 22.4 Å². The predicted octanol–water partition coefficient (Wildman–Crippen LogP) is 3.97. The Hall–Kier alpha value is -2.40. The molecule has 5 heteroatoms. The Morgan fingerprint density at radius 2 is 1.76 bits per heavy atom. The van der Waals surface area contributed by atoms with E-state index in [1.807, 2.05) is 12.1 Å². The Labute approximate surface area is 172 Å². The van der Waals surface area contributed by atoms with E-state index in [2.05, 4.69) is 29.2 Å². The van der Waals surface area contributed by atoms with Crippen LogP contribution < -0.4 is 10.5 Å². The van der Waals surface area contributed by atoms with Gasteiger partial charge in [0.05, 0.1) is 7.11 Å². The summed E-state index contributed by atoms with van der Waals surface area (Å²) in [5.41, 5.74) is 7.25. The van der Waals surface area contributed by atoms with Crippen molar-refractivity contribution < 1.29 is 9.53 Å². The average molecular weight is 394 g/mol. The van der Waals surface area contributed by atoms with E-state index in [4.69, 9.17) is 15.9 Å². The molecule has 0 radical (unpaired) electrons. The first-order chi connectivity index (χ1) is 14.0. The van der Waals surface area contributed by atoms with E-state index in [9.17, 15) is 4.79 Å². The highest BCUT2D eigenvalue weighted by molar-refractivity contribution is 6.03. The number of rotatable bonds is 5. The van der Waals surface area contributed by atoms with Crippen molar-refractivity contribution in [2.75, 3.05) is 20.2 Å². The number of nitrogens with zero attached hydrogens (tertiary/aromatic N) is 1. The predicted molar refractivity (Wildman–Crippen MR) is 117 cm³/mol. The summed E-state index contributed by atoms with van der Waals surface area (Å²) in [7, 11) is 1.68. The molecule has 1 saturated carbocycles. The third-order valence-corrected chi connectivity index (χ3v) is 6.83. The fourth-order valence-electron chi connectivity index (χ4n) is 5.05. The molecule has 4 rings (SSSR count). The number of carbonyl (C=O) groups excluding carboxylic acids is 1. The highest BCUT2D eigenvalue weighted by Crippen LogP contribution is 2.31. The Morgan fingerprint density at radius 3 is 2.48 bits per heavy atom. The first kappa shape index (κ1) is 19.9. The molecule has 1 unspecified atom stereocenters. The van der Waals surface area contributed by atoms with Crippen molar-refractivity contribution in [1.29, 1.82) is 5.41 Å². The summed E-state index contributed by atoms with van der Waals surface area (Å²) in [4.78, 5) is 14.0. The normalized spacial score (nSPS) is 25.6. The Bertz CT molecular complexity index is 902. The first-order valence-electron chi connectivity index (χ1n) is 10.7. The SMILES string of the molecule is COc1ccc2cc(C(=N)C3CCCN(C4CCC(C(N)=O)CC4)C3)ccc2c1. The van der Waals surface area contributed by atoms with Crippen molar-refractivity contribution in [2.24, 2.45) is 17.6 Å². The van der Waals surface area contributed by atoms with Crippen LogP contribution in [0.2, 0.25) is 0 Å². The van der Waals surface area contributed by atoms with E-state index in [-0.39, 0.29) is 17.7 Å². The number of primary amides is 1. The van der Waals surface area contributed by atoms with Gasteiger partial charge in [-0.2, -0.15) is 0 Å². The van der Waals surface area contributed by atoms with Crippen LogP contribution in [0.25, 0.3) is 10.8 Å². The number of nitrogens with two attached hydrogens (primary N) is 1. The van der Waals surface area contributed by atoms with E-state index < -0.39 is 0 Å². The molecule has 0 spiro atoms. The average Bonchev–Trinajstić information content (AvgIpc) is 2.78. The van der Waals surface area contributed by atoms with E-state index in [1.165, 1.54) is 0 Å². The molecule has 154 valence electrons. The molecule has 0 bridgehead atoms. The van der Waals surface area contributed by atoms with Gasteiger partial charge < -0.3 is 15.9 Å². The molecule has 2 aromatic rings. The second kappa shape index (κ2) is 8.54. The summed E-state index contributed by atoms with van der Waals surface area (Å²) in [6, 6.07) is 12.9. The number of piperidine rings is 1. The van der Waals surface area contributed by atoms with Crippen LogP contribution >= 0.6 is 0 Å². The molecule has 1 aliphatic heterocycles. The lowest BCUT2D eigenvalue weighted by atomic mass is 9.82. The van der Waals surface area contributed by atoms with Gasteiger partial charge in [-0.15, -0.1) is 0 Å². The van der Waals surface area contributed by atoms with Crippen molar-refractivity contribution in [3.05, 3.63) is 42.0 Å². The zero-order valence-electron chi connectivity index (χ0n) is 17.2. The fraction of sp³-hybridized carbons (Fsp3) is 0.500. The number of hydrogen-bond acceptors (Lipinski definition) is 4. The number of carbonyl (C=O) groups is 1. The van der Waals surface area contributed by atoms with E-state index in [0.29, 0.717) is 6.04 Å². The fourth-order valence-corrected chi connectivity index (χ4v) is 5.05. The van der Waals surface area contributed by atoms with E-state index >= 15 is 0 Å². The summed E-state index contributed by atoms with van der Waals surface area (Å²) in [5.74, 6) is 1.04. The van der Waals surface area contributed by atoms with Crippen LogP contribution in [-0.4, -0.2) is 42.8 Å². The minimum Gasteiger partial charge on any atom is -0.497 e. The number of hydrogen-bond donors (Lipinski definition) is 2. The van der Waals surface area contributed by atoms with Gasteiger partial charge in [0.25, 0.3) is 0 Å². The van der Waals surface area contributed by atoms with Crippen LogP contribution in [0.4, 0.5) is 0 Å². The molecule has 29 heavy (non-hydrogen) atoms. The minimum atomic E-state index is -0.143. The number of benzene rings is 2. The minimum absolute atomic E-state index is 0.0568. The molecular formula is C24H31N3O2. The molecule has 1 amide bonds. The van der Waals surface area contributed by atoms with Crippen LogP contribution in [0, 0.1) is 17.2 Å². The van der Waals surface area contributed by atoms with Crippen molar-refractivity contribution in [2.45, 2.75) is 44.6 Å². The second-order valence-electron chi connectivity index (χ2n) is 8.58. The van der Waals surface area contributed by atoms with Gasteiger partial charge in [-0.3, -0.25) is 9.69 Å². The number of nitrogens with one attached hydrogen (secondary N) is 1. The molecule has 1 heterocycles. The molecular weight excluding hydrogens is 362 g/mol. The zero-order valence-corrected chi connectivity index (χ0v) is 17.2. The van der Waals surface area contributed by atoms with Gasteiger partial charge in [-0.25, -0.2) is 0 Å². The molecule has 1 aliphatic carbocycles. The third kappa shape index (κ3) is 4.30. The molecule has 3 N–H and O–H groups in total. The van der Waals surface area contributed by atoms with E-state index in [1.54, 1.807) is 7.11 Å². The maximum Gasteiger partial charge on any atom is 0.220 e. The van der Waals surface area contributed by atoms with Gasteiger partial charge in [0.2, 0.25) is 5.91 Å². The highest BCUT2D eigenvalue weighted by Gasteiger charge is 2.32. The Kier molecular flexibility index (Phi) is 5.86. The molecule has 2 fully saturated rings. The molecule has 0 aromatic heterocycles. The van der Waals surface area contributed by atoms with Crippen LogP contribution in [0.3, 0.4) is 0 Å². The molecule has 2 aliphatic rings. The van der Waals surface area contributed by atoms with Crippen molar-refractivity contribution in [3.8, 4) is 5.75 Å². The van der Waals surface area contributed by atoms with Gasteiger partial charge in [0.15, 0.2) is 0 Å². The van der Waals surface area contributed by atoms with Gasteiger partial charge in [-0.1, -0.05) is 18.2 Å². The second-order valence-corrected chi connectivity index (χ2v) is 8.58. The smallest absolute Gasteiger partial charge is 0.220 e. The molecule has 2 aromatic carbocycles. The summed E-state index contributed by atoms with van der Waals surface area (Å²) >= 11 is 0. The summed E-state index contributed by atoms with van der Waals surface area (Å²) in [6.45, 7) is 2.05. The first-order valence-corrected chi connectivity index (χ1v) is 10.7. The molecule has 1 saturated heterocycles. The maximum atomic E-state index is 11.4. The van der Waals surface area contributed by atoms with Gasteiger partial charge in [0.1, 0.15) is 5.75 Å². The summed E-state index contributed by atoms with van der Waals surface area (Å²) < 4.78 is 5.31. The highest BCUT2D eigenvalue weighted by atomic mass is 16.5. The number of likely N-dealkylation sites (tertiary alicyclic amines) is 1. The number of methoxy groups -OCH3 is 1. The lowest BCUT2D eigenvalue weighted by Gasteiger charge is -2.41. The Balaban J connectivity index is 1.43. The monoisotopic (exact) mass is 393 g/mol. The number of fused-ring (bicyclic) bond motifs is 1. The van der Waals surface area contributed by atoms with Crippen LogP contribution in [-0.2, 0) is 4.79 Å². The van der Waals surface area contributed by atoms with Gasteiger partial charge in [-0.05, 0) is 79.6 Å². The lowest BCUT2D eigenvalue weighted by Crippen LogP contribution is -2.46. The number of amides is 1. The lowest BCUT2D eigenvalue weighted by molar-refractivity contribution is -0.123. The summed E-state index contributed by atoms with van der Waals surface area (Å²) in [5, 5.41) is 11.1. The molecule has 1 atom stereocenters. The number of ether oxygens (including phenoxy) is 1. The van der Waals surface area contributed by atoms with Crippen LogP contribution in [0.15, 0.2) is 36.4 Å². The molecule has 5 nitrogen and oxygen atoms in total. The van der Waals surface area contributed by atoms with E-state index in [0.717, 1.165) is 79.4 Å². The van der Waals surface area contributed by atoms with Crippen molar-refractivity contribution in [1.82, 2.24) is 4.90 Å². The van der Waals surface area contributed by atoms with Gasteiger partial charge in [0, 0.05) is 30.1 Å². The van der Waals surface area contributed by atoms with Crippen LogP contribution in [0.1, 0.15) is 44.1 Å². The topological polar surface area (TPSA) is 79.4 Å². The third-order valence-electron chi connectivity index (χ3n) is 6.83. The van der Waals surface area contributed by atoms with Crippen LogP contribution in [0.5, 0.6) is 5.75 Å². The maximum absolute atomic E-state index is 11.4. The Morgan fingerprint density at radius 1 is 1.03 bits per heavy atom. The van der Waals surface area contributed by atoms with Crippen molar-refractivity contribution in [3.63, 3.8) is 0 Å². The quantitative estimate of drug-likeness (QED) is 0.754. The largest absolute Gasteiger partial charge is 0.497 e.